The lowest BCUT2D eigenvalue weighted by atomic mass is 10.3. The standard InChI is InChI=1S/C8H8ClNOS/c9-4-2-1-3-7-6-12-8(5-11)10-7/h1,3,5-6H,2,4H2. The van der Waals surface area contributed by atoms with Crippen LogP contribution in [0.25, 0.3) is 6.08 Å². The molecule has 2 nitrogen and oxygen atoms in total. The van der Waals surface area contributed by atoms with Gasteiger partial charge >= 0.3 is 0 Å². The maximum atomic E-state index is 10.3. The van der Waals surface area contributed by atoms with E-state index in [0.717, 1.165) is 18.4 Å². The number of carbonyl (C=O) groups is 1. The molecule has 0 radical (unpaired) electrons. The molecule has 0 aliphatic heterocycles. The van der Waals surface area contributed by atoms with Gasteiger partial charge in [0.25, 0.3) is 0 Å². The van der Waals surface area contributed by atoms with Crippen molar-refractivity contribution in [1.82, 2.24) is 4.98 Å². The van der Waals surface area contributed by atoms with Gasteiger partial charge < -0.3 is 0 Å². The molecule has 12 heavy (non-hydrogen) atoms. The lowest BCUT2D eigenvalue weighted by Crippen LogP contribution is -1.76. The summed E-state index contributed by atoms with van der Waals surface area (Å²) in [5, 5.41) is 2.36. The summed E-state index contributed by atoms with van der Waals surface area (Å²) in [5.74, 6) is 0.612. The number of rotatable bonds is 4. The van der Waals surface area contributed by atoms with Crippen LogP contribution < -0.4 is 0 Å². The van der Waals surface area contributed by atoms with Gasteiger partial charge in [0.15, 0.2) is 11.3 Å². The number of allylic oxidation sites excluding steroid dienone is 1. The van der Waals surface area contributed by atoms with Crippen molar-refractivity contribution in [3.05, 3.63) is 22.2 Å². The van der Waals surface area contributed by atoms with Crippen molar-refractivity contribution in [2.45, 2.75) is 6.42 Å². The Bertz CT molecular complexity index is 282. The minimum absolute atomic E-state index is 0.514. The topological polar surface area (TPSA) is 30.0 Å². The molecular formula is C8H8ClNOS. The first kappa shape index (κ1) is 9.42. The minimum atomic E-state index is 0.514. The number of aromatic nitrogens is 1. The highest BCUT2D eigenvalue weighted by molar-refractivity contribution is 7.11. The SMILES string of the molecule is O=Cc1nc(C=CCCCl)cs1. The van der Waals surface area contributed by atoms with Gasteiger partial charge in [-0.3, -0.25) is 4.79 Å². The zero-order valence-electron chi connectivity index (χ0n) is 6.37. The molecule has 1 heterocycles. The number of hydrogen-bond donors (Lipinski definition) is 0. The summed E-state index contributed by atoms with van der Waals surface area (Å²) >= 11 is 6.82. The smallest absolute Gasteiger partial charge is 0.178 e. The number of thiazole rings is 1. The first-order valence-corrected chi connectivity index (χ1v) is 4.91. The van der Waals surface area contributed by atoms with Crippen LogP contribution in [0.2, 0.25) is 0 Å². The number of nitrogens with zero attached hydrogens (tertiary/aromatic N) is 1. The summed E-state index contributed by atoms with van der Waals surface area (Å²) in [7, 11) is 0. The summed E-state index contributed by atoms with van der Waals surface area (Å²) in [4.78, 5) is 14.3. The Hall–Kier alpha value is -0.670. The molecule has 0 aliphatic carbocycles. The lowest BCUT2D eigenvalue weighted by molar-refractivity contribution is 0.112. The second kappa shape index (κ2) is 5.06. The molecule has 4 heteroatoms. The fraction of sp³-hybridized carbons (Fsp3) is 0.250. The Labute approximate surface area is 79.9 Å². The van der Waals surface area contributed by atoms with E-state index in [0.29, 0.717) is 10.9 Å². The first-order chi connectivity index (χ1) is 5.86. The van der Waals surface area contributed by atoms with Crippen molar-refractivity contribution < 1.29 is 4.79 Å². The lowest BCUT2D eigenvalue weighted by Gasteiger charge is -1.81. The van der Waals surface area contributed by atoms with E-state index in [2.05, 4.69) is 4.98 Å². The molecule has 0 aliphatic rings. The quantitative estimate of drug-likeness (QED) is 0.554. The highest BCUT2D eigenvalue weighted by Gasteiger charge is 1.95. The van der Waals surface area contributed by atoms with Crippen LogP contribution in [-0.4, -0.2) is 17.2 Å². The second-order valence-electron chi connectivity index (χ2n) is 2.11. The largest absolute Gasteiger partial charge is 0.295 e. The molecule has 0 saturated heterocycles. The average Bonchev–Trinajstić information content (AvgIpc) is 2.53. The molecule has 0 unspecified atom stereocenters. The van der Waals surface area contributed by atoms with Crippen LogP contribution in [0.1, 0.15) is 21.9 Å². The van der Waals surface area contributed by atoms with Gasteiger partial charge in [0.05, 0.1) is 5.69 Å². The van der Waals surface area contributed by atoms with Crippen LogP contribution in [0.4, 0.5) is 0 Å². The van der Waals surface area contributed by atoms with E-state index in [9.17, 15) is 4.79 Å². The summed E-state index contributed by atoms with van der Waals surface area (Å²) in [5.41, 5.74) is 0.826. The van der Waals surface area contributed by atoms with Gasteiger partial charge in [0.1, 0.15) is 0 Å². The minimum Gasteiger partial charge on any atom is -0.295 e. The van der Waals surface area contributed by atoms with Crippen molar-refractivity contribution >= 4 is 35.3 Å². The second-order valence-corrected chi connectivity index (χ2v) is 3.38. The number of hydrogen-bond acceptors (Lipinski definition) is 3. The zero-order valence-corrected chi connectivity index (χ0v) is 7.94. The number of halogens is 1. The summed E-state index contributed by atoms with van der Waals surface area (Å²) in [6.07, 6.45) is 5.39. The predicted molar refractivity (Wildman–Crippen MR) is 51.9 cm³/mol. The highest BCUT2D eigenvalue weighted by Crippen LogP contribution is 2.08. The Balaban J connectivity index is 2.57. The molecule has 1 rings (SSSR count). The fourth-order valence-electron chi connectivity index (χ4n) is 0.698. The molecule has 0 amide bonds. The van der Waals surface area contributed by atoms with Crippen LogP contribution >= 0.6 is 22.9 Å². The molecule has 0 spiro atoms. The normalized spacial score (nSPS) is 10.8. The third-order valence-corrected chi connectivity index (χ3v) is 2.21. The molecule has 0 N–H and O–H groups in total. The van der Waals surface area contributed by atoms with E-state index in [-0.39, 0.29) is 0 Å². The van der Waals surface area contributed by atoms with Gasteiger partial charge in [-0.25, -0.2) is 4.98 Å². The summed E-state index contributed by atoms with van der Waals surface area (Å²) in [6.45, 7) is 0. The first-order valence-electron chi connectivity index (χ1n) is 3.50. The van der Waals surface area contributed by atoms with E-state index in [1.54, 1.807) is 0 Å². The highest BCUT2D eigenvalue weighted by atomic mass is 35.5. The Morgan fingerprint density at radius 2 is 2.50 bits per heavy atom. The van der Waals surface area contributed by atoms with E-state index in [4.69, 9.17) is 11.6 Å². The zero-order chi connectivity index (χ0) is 8.81. The Kier molecular flexibility index (Phi) is 3.97. The molecule has 0 fully saturated rings. The predicted octanol–water partition coefficient (Wildman–Crippen LogP) is 2.60. The van der Waals surface area contributed by atoms with Gasteiger partial charge in [-0.15, -0.1) is 22.9 Å². The van der Waals surface area contributed by atoms with E-state index < -0.39 is 0 Å². The van der Waals surface area contributed by atoms with Crippen LogP contribution in [0, 0.1) is 0 Å². The Morgan fingerprint density at radius 1 is 1.67 bits per heavy atom. The van der Waals surface area contributed by atoms with Gasteiger partial charge in [-0.2, -0.15) is 0 Å². The molecule has 0 aromatic carbocycles. The van der Waals surface area contributed by atoms with Gasteiger partial charge in [-0.05, 0) is 12.5 Å². The molecule has 1 aromatic heterocycles. The van der Waals surface area contributed by atoms with E-state index in [1.165, 1.54) is 11.3 Å². The molecule has 64 valence electrons. The molecular weight excluding hydrogens is 194 g/mol. The molecule has 0 saturated carbocycles. The third kappa shape index (κ3) is 2.75. The van der Waals surface area contributed by atoms with Crippen LogP contribution in [-0.2, 0) is 0 Å². The van der Waals surface area contributed by atoms with Crippen LogP contribution in [0.5, 0.6) is 0 Å². The maximum absolute atomic E-state index is 10.3. The molecule has 0 bridgehead atoms. The van der Waals surface area contributed by atoms with Crippen molar-refractivity contribution in [3.8, 4) is 0 Å². The Morgan fingerprint density at radius 3 is 3.08 bits per heavy atom. The van der Waals surface area contributed by atoms with Crippen molar-refractivity contribution in [3.63, 3.8) is 0 Å². The third-order valence-electron chi connectivity index (χ3n) is 1.20. The number of alkyl halides is 1. The van der Waals surface area contributed by atoms with Crippen LogP contribution in [0.3, 0.4) is 0 Å². The number of carbonyl (C=O) groups excluding carboxylic acids is 1. The van der Waals surface area contributed by atoms with Gasteiger partial charge in [0, 0.05) is 11.3 Å². The summed E-state index contributed by atoms with van der Waals surface area (Å²) < 4.78 is 0. The molecule has 1 aromatic rings. The van der Waals surface area contributed by atoms with Crippen molar-refractivity contribution in [2.24, 2.45) is 0 Å². The number of aldehydes is 1. The fourth-order valence-corrected chi connectivity index (χ4v) is 1.41. The summed E-state index contributed by atoms with van der Waals surface area (Å²) in [6, 6.07) is 0. The monoisotopic (exact) mass is 201 g/mol. The molecule has 0 atom stereocenters. The van der Waals surface area contributed by atoms with Crippen LogP contribution in [0.15, 0.2) is 11.5 Å². The van der Waals surface area contributed by atoms with Crippen molar-refractivity contribution in [2.75, 3.05) is 5.88 Å². The maximum Gasteiger partial charge on any atom is 0.178 e. The average molecular weight is 202 g/mol. The van der Waals surface area contributed by atoms with E-state index in [1.807, 2.05) is 17.5 Å². The van der Waals surface area contributed by atoms with Gasteiger partial charge in [-0.1, -0.05) is 6.08 Å². The van der Waals surface area contributed by atoms with Gasteiger partial charge in [0.2, 0.25) is 0 Å². The van der Waals surface area contributed by atoms with Crippen molar-refractivity contribution in [1.29, 1.82) is 0 Å². The van der Waals surface area contributed by atoms with E-state index >= 15 is 0 Å².